The van der Waals surface area contributed by atoms with E-state index in [1.165, 1.54) is 19.1 Å². The lowest BCUT2D eigenvalue weighted by Crippen LogP contribution is -2.27. The van der Waals surface area contributed by atoms with Gasteiger partial charge in [-0.3, -0.25) is 0 Å². The summed E-state index contributed by atoms with van der Waals surface area (Å²) < 4.78 is 72.7. The Labute approximate surface area is 101 Å². The third kappa shape index (κ3) is 2.91. The lowest BCUT2D eigenvalue weighted by atomic mass is 10.3. The molecule has 1 aromatic carbocycles. The normalized spacial score (nSPS) is 12.8. The fraction of sp³-hybridized carbons (Fsp3) is 0.333. The molecule has 0 radical (unpaired) electrons. The van der Waals surface area contributed by atoms with Gasteiger partial charge in [0.05, 0.1) is 5.69 Å². The van der Waals surface area contributed by atoms with Crippen LogP contribution in [-0.4, -0.2) is 33.0 Å². The maximum absolute atomic E-state index is 12.9. The van der Waals surface area contributed by atoms with Crippen molar-refractivity contribution in [2.24, 2.45) is 0 Å². The summed E-state index contributed by atoms with van der Waals surface area (Å²) in [4.78, 5) is -1.15. The predicted molar refractivity (Wildman–Crippen MR) is 57.0 cm³/mol. The minimum atomic E-state index is -5.60. The van der Waals surface area contributed by atoms with E-state index in [1.807, 2.05) is 0 Å². The quantitative estimate of drug-likeness (QED) is 0.682. The van der Waals surface area contributed by atoms with Gasteiger partial charge in [0, 0.05) is 14.1 Å². The molecule has 0 spiro atoms. The van der Waals surface area contributed by atoms with E-state index in [-0.39, 0.29) is 5.69 Å². The first-order valence-electron chi connectivity index (χ1n) is 4.60. The smallest absolute Gasteiger partial charge is 0.318 e. The van der Waals surface area contributed by atoms with Crippen LogP contribution in [0.5, 0.6) is 0 Å². The van der Waals surface area contributed by atoms with Crippen molar-refractivity contribution in [2.45, 2.75) is 10.4 Å². The molecule has 0 unspecified atom stereocenters. The van der Waals surface area contributed by atoms with Crippen LogP contribution in [0.4, 0.5) is 23.2 Å². The van der Waals surface area contributed by atoms with E-state index in [0.717, 1.165) is 12.1 Å². The highest BCUT2D eigenvalue weighted by Gasteiger charge is 2.48. The Morgan fingerprint density at radius 1 is 1.22 bits per heavy atom. The van der Waals surface area contributed by atoms with Gasteiger partial charge in [0.15, 0.2) is 0 Å². The van der Waals surface area contributed by atoms with Crippen molar-refractivity contribution in [3.05, 3.63) is 24.0 Å². The summed E-state index contributed by atoms with van der Waals surface area (Å²) in [5.74, 6) is -1.07. The van der Waals surface area contributed by atoms with Crippen LogP contribution in [-0.2, 0) is 9.84 Å². The number of hydrogen-bond donors (Lipinski definition) is 1. The number of nitrogens with zero attached hydrogens (tertiary/aromatic N) is 1. The molecular formula is C9H10F4N2O2S. The second-order valence-electron chi connectivity index (χ2n) is 3.60. The van der Waals surface area contributed by atoms with Crippen LogP contribution in [0.3, 0.4) is 0 Å². The summed E-state index contributed by atoms with van der Waals surface area (Å²) in [5.41, 5.74) is -3.46. The summed E-state index contributed by atoms with van der Waals surface area (Å²) >= 11 is 0. The van der Waals surface area contributed by atoms with Crippen LogP contribution in [0.15, 0.2) is 23.1 Å². The minimum absolute atomic E-state index is 0.328. The molecule has 0 saturated carbocycles. The Morgan fingerprint density at radius 3 is 2.22 bits per heavy atom. The molecule has 102 valence electrons. The second-order valence-corrected chi connectivity index (χ2v) is 5.51. The maximum atomic E-state index is 12.9. The van der Waals surface area contributed by atoms with Gasteiger partial charge in [0.2, 0.25) is 0 Å². The van der Waals surface area contributed by atoms with Gasteiger partial charge >= 0.3 is 5.51 Å². The Morgan fingerprint density at radius 2 is 1.78 bits per heavy atom. The molecule has 0 aliphatic rings. The van der Waals surface area contributed by atoms with E-state index >= 15 is 0 Å². The largest absolute Gasteiger partial charge is 0.501 e. The zero-order valence-electron chi connectivity index (χ0n) is 9.42. The van der Waals surface area contributed by atoms with E-state index in [1.54, 1.807) is 0 Å². The summed E-state index contributed by atoms with van der Waals surface area (Å²) in [7, 11) is -2.70. The topological polar surface area (TPSA) is 49.4 Å². The molecule has 0 bridgehead atoms. The van der Waals surface area contributed by atoms with Gasteiger partial charge in [-0.15, -0.1) is 0 Å². The summed E-state index contributed by atoms with van der Waals surface area (Å²) in [6.07, 6.45) is 0. The van der Waals surface area contributed by atoms with Gasteiger partial charge in [-0.25, -0.2) is 17.8 Å². The van der Waals surface area contributed by atoms with E-state index in [0.29, 0.717) is 6.07 Å². The first-order valence-corrected chi connectivity index (χ1v) is 6.09. The molecule has 1 aromatic rings. The summed E-state index contributed by atoms with van der Waals surface area (Å²) in [6, 6.07) is 2.11. The third-order valence-electron chi connectivity index (χ3n) is 1.88. The lowest BCUT2D eigenvalue weighted by molar-refractivity contribution is -0.0435. The molecule has 0 saturated heterocycles. The first-order chi connectivity index (χ1) is 8.05. The van der Waals surface area contributed by atoms with Crippen LogP contribution in [0, 0.1) is 5.82 Å². The van der Waals surface area contributed by atoms with E-state index in [9.17, 15) is 26.0 Å². The van der Waals surface area contributed by atoms with Crippen LogP contribution in [0.1, 0.15) is 0 Å². The Hall–Kier alpha value is -1.35. The molecule has 4 nitrogen and oxygen atoms in total. The number of nitrogens with one attached hydrogen (secondary N) is 1. The number of hydrogen-bond acceptors (Lipinski definition) is 4. The molecule has 0 aromatic heterocycles. The first kappa shape index (κ1) is 14.7. The molecule has 0 aliphatic carbocycles. The number of alkyl halides is 3. The van der Waals surface area contributed by atoms with Gasteiger partial charge in [0.1, 0.15) is 10.7 Å². The van der Waals surface area contributed by atoms with Crippen molar-refractivity contribution >= 4 is 15.5 Å². The SMILES string of the molecule is CN(C)Nc1ccc(F)cc1S(=O)(=O)C(F)(F)F. The zero-order chi connectivity index (χ0) is 14.1. The average Bonchev–Trinajstić information content (AvgIpc) is 2.18. The Bertz CT molecular complexity index is 540. The lowest BCUT2D eigenvalue weighted by Gasteiger charge is -2.18. The molecule has 1 N–H and O–H groups in total. The monoisotopic (exact) mass is 286 g/mol. The second kappa shape index (κ2) is 4.73. The van der Waals surface area contributed by atoms with Crippen molar-refractivity contribution in [2.75, 3.05) is 19.5 Å². The number of hydrazine groups is 1. The van der Waals surface area contributed by atoms with Crippen molar-refractivity contribution in [3.8, 4) is 0 Å². The highest BCUT2D eigenvalue weighted by Crippen LogP contribution is 2.34. The number of benzene rings is 1. The molecule has 0 aliphatic heterocycles. The average molecular weight is 286 g/mol. The van der Waals surface area contributed by atoms with Crippen molar-refractivity contribution in [1.29, 1.82) is 0 Å². The third-order valence-corrected chi connectivity index (χ3v) is 3.41. The van der Waals surface area contributed by atoms with Crippen LogP contribution < -0.4 is 5.43 Å². The summed E-state index contributed by atoms with van der Waals surface area (Å²) in [6.45, 7) is 0. The van der Waals surface area contributed by atoms with E-state index < -0.39 is 26.1 Å². The molecular weight excluding hydrogens is 276 g/mol. The van der Waals surface area contributed by atoms with Gasteiger partial charge in [-0.05, 0) is 18.2 Å². The molecule has 0 fully saturated rings. The fourth-order valence-corrected chi connectivity index (χ4v) is 2.10. The number of halogens is 4. The van der Waals surface area contributed by atoms with Crippen LogP contribution >= 0.6 is 0 Å². The van der Waals surface area contributed by atoms with Crippen LogP contribution in [0.25, 0.3) is 0 Å². The highest BCUT2D eigenvalue weighted by molar-refractivity contribution is 7.92. The fourth-order valence-electron chi connectivity index (χ4n) is 1.18. The summed E-state index contributed by atoms with van der Waals surface area (Å²) in [5, 5.41) is 1.24. The highest BCUT2D eigenvalue weighted by atomic mass is 32.2. The Kier molecular flexibility index (Phi) is 3.86. The van der Waals surface area contributed by atoms with E-state index in [4.69, 9.17) is 0 Å². The van der Waals surface area contributed by atoms with Crippen LogP contribution in [0.2, 0.25) is 0 Å². The van der Waals surface area contributed by atoms with Gasteiger partial charge in [-0.2, -0.15) is 13.2 Å². The molecule has 9 heteroatoms. The molecule has 0 heterocycles. The predicted octanol–water partition coefficient (Wildman–Crippen LogP) is 2.01. The molecule has 1 rings (SSSR count). The number of anilines is 1. The standard InChI is InChI=1S/C9H10F4N2O2S/c1-15(2)14-7-4-3-6(10)5-8(7)18(16,17)9(11,12)13/h3-5,14H,1-2H3. The Balaban J connectivity index is 3.43. The van der Waals surface area contributed by atoms with Gasteiger partial charge in [-0.1, -0.05) is 0 Å². The molecule has 18 heavy (non-hydrogen) atoms. The van der Waals surface area contributed by atoms with Crippen molar-refractivity contribution in [1.82, 2.24) is 5.01 Å². The zero-order valence-corrected chi connectivity index (χ0v) is 10.2. The maximum Gasteiger partial charge on any atom is 0.501 e. The molecule has 0 amide bonds. The van der Waals surface area contributed by atoms with Crippen molar-refractivity contribution < 1.29 is 26.0 Å². The van der Waals surface area contributed by atoms with Gasteiger partial charge < -0.3 is 5.43 Å². The number of rotatable bonds is 3. The van der Waals surface area contributed by atoms with Crippen molar-refractivity contribution in [3.63, 3.8) is 0 Å². The number of sulfone groups is 1. The molecule has 0 atom stereocenters. The minimum Gasteiger partial charge on any atom is -0.318 e. The van der Waals surface area contributed by atoms with Gasteiger partial charge in [0.25, 0.3) is 9.84 Å². The van der Waals surface area contributed by atoms with E-state index in [2.05, 4.69) is 5.43 Å².